The van der Waals surface area contributed by atoms with Crippen LogP contribution in [0, 0.1) is 11.8 Å². The van der Waals surface area contributed by atoms with Crippen molar-refractivity contribution in [2.45, 2.75) is 64.0 Å². The molecule has 1 nitrogen and oxygen atoms in total. The molecule has 1 unspecified atom stereocenters. The zero-order valence-corrected chi connectivity index (χ0v) is 12.1. The van der Waals surface area contributed by atoms with Crippen molar-refractivity contribution in [2.75, 3.05) is 0 Å². The first kappa shape index (κ1) is 13.2. The normalized spacial score (nSPS) is 29.1. The van der Waals surface area contributed by atoms with Gasteiger partial charge in [0, 0.05) is 12.1 Å². The number of hydrogen-bond donors (Lipinski definition) is 1. The van der Waals surface area contributed by atoms with E-state index in [9.17, 15) is 0 Å². The Kier molecular flexibility index (Phi) is 4.22. The van der Waals surface area contributed by atoms with Gasteiger partial charge in [0.15, 0.2) is 0 Å². The fourth-order valence-electron chi connectivity index (χ4n) is 3.59. The zero-order valence-electron chi connectivity index (χ0n) is 12.1. The molecule has 19 heavy (non-hydrogen) atoms. The van der Waals surface area contributed by atoms with Crippen molar-refractivity contribution >= 4 is 0 Å². The van der Waals surface area contributed by atoms with Crippen LogP contribution < -0.4 is 5.32 Å². The predicted molar refractivity (Wildman–Crippen MR) is 81.1 cm³/mol. The molecule has 2 saturated carbocycles. The number of rotatable bonds is 5. The Balaban J connectivity index is 1.60. The van der Waals surface area contributed by atoms with E-state index in [2.05, 4.69) is 42.6 Å². The molecule has 0 bridgehead atoms. The minimum atomic E-state index is 0.615. The smallest absolute Gasteiger partial charge is 0.0351 e. The highest BCUT2D eigenvalue weighted by Crippen LogP contribution is 2.42. The molecule has 0 radical (unpaired) electrons. The Morgan fingerprint density at radius 2 is 1.68 bits per heavy atom. The summed E-state index contributed by atoms with van der Waals surface area (Å²) in [4.78, 5) is 0. The van der Waals surface area contributed by atoms with Crippen LogP contribution >= 0.6 is 0 Å². The second-order valence-electron chi connectivity index (χ2n) is 6.52. The molecular formula is C18H27N. The Bertz CT molecular complexity index is 374. The van der Waals surface area contributed by atoms with E-state index >= 15 is 0 Å². The van der Waals surface area contributed by atoms with E-state index < -0.39 is 0 Å². The molecule has 0 saturated heterocycles. The lowest BCUT2D eigenvalue weighted by Gasteiger charge is -2.32. The maximum atomic E-state index is 3.98. The summed E-state index contributed by atoms with van der Waals surface area (Å²) in [5.74, 6) is 1.89. The third kappa shape index (κ3) is 3.39. The van der Waals surface area contributed by atoms with Crippen LogP contribution in [0.4, 0.5) is 0 Å². The van der Waals surface area contributed by atoms with Crippen LogP contribution in [0.3, 0.4) is 0 Å². The van der Waals surface area contributed by atoms with Crippen LogP contribution in [0.5, 0.6) is 0 Å². The fraction of sp³-hybridized carbons (Fsp3) is 0.667. The van der Waals surface area contributed by atoms with E-state index in [0.29, 0.717) is 6.04 Å². The number of hydrogen-bond acceptors (Lipinski definition) is 1. The van der Waals surface area contributed by atoms with Gasteiger partial charge in [0.05, 0.1) is 0 Å². The Morgan fingerprint density at radius 3 is 2.26 bits per heavy atom. The third-order valence-electron chi connectivity index (χ3n) is 5.09. The van der Waals surface area contributed by atoms with Crippen LogP contribution in [0.2, 0.25) is 0 Å². The SMILES string of the molecule is CCC1CCC(NC(c2ccccc2)C2CC2)CC1. The maximum absolute atomic E-state index is 3.98. The molecule has 104 valence electrons. The number of benzene rings is 1. The second-order valence-corrected chi connectivity index (χ2v) is 6.52. The molecule has 0 aliphatic heterocycles. The van der Waals surface area contributed by atoms with E-state index in [1.54, 1.807) is 0 Å². The minimum Gasteiger partial charge on any atom is -0.307 e. The first-order valence-corrected chi connectivity index (χ1v) is 8.17. The summed E-state index contributed by atoms with van der Waals surface area (Å²) in [6.45, 7) is 2.34. The summed E-state index contributed by atoms with van der Waals surface area (Å²) >= 11 is 0. The van der Waals surface area contributed by atoms with Crippen molar-refractivity contribution in [3.05, 3.63) is 35.9 Å². The second kappa shape index (κ2) is 6.09. The van der Waals surface area contributed by atoms with Crippen LogP contribution in [0.25, 0.3) is 0 Å². The first-order chi connectivity index (χ1) is 9.36. The van der Waals surface area contributed by atoms with Gasteiger partial charge in [0.1, 0.15) is 0 Å². The van der Waals surface area contributed by atoms with Gasteiger partial charge in [0.25, 0.3) is 0 Å². The lowest BCUT2D eigenvalue weighted by atomic mass is 9.84. The largest absolute Gasteiger partial charge is 0.307 e. The first-order valence-electron chi connectivity index (χ1n) is 8.17. The van der Waals surface area contributed by atoms with Crippen LogP contribution in [0.1, 0.15) is 63.5 Å². The lowest BCUT2D eigenvalue weighted by Crippen LogP contribution is -2.36. The molecule has 0 spiro atoms. The van der Waals surface area contributed by atoms with Crippen LogP contribution in [-0.4, -0.2) is 6.04 Å². The maximum Gasteiger partial charge on any atom is 0.0351 e. The third-order valence-corrected chi connectivity index (χ3v) is 5.09. The van der Waals surface area contributed by atoms with Crippen LogP contribution in [0.15, 0.2) is 30.3 Å². The zero-order chi connectivity index (χ0) is 13.1. The van der Waals surface area contributed by atoms with E-state index in [1.165, 1.54) is 50.5 Å². The average molecular weight is 257 g/mol. The van der Waals surface area contributed by atoms with Crippen molar-refractivity contribution in [1.82, 2.24) is 5.32 Å². The molecule has 1 atom stereocenters. The van der Waals surface area contributed by atoms with Gasteiger partial charge in [0.2, 0.25) is 0 Å². The summed E-state index contributed by atoms with van der Waals surface area (Å²) in [5, 5.41) is 3.98. The van der Waals surface area contributed by atoms with Crippen molar-refractivity contribution in [3.63, 3.8) is 0 Å². The standard InChI is InChI=1S/C18H27N/c1-2-14-8-12-17(13-9-14)19-18(16-10-11-16)15-6-4-3-5-7-15/h3-7,14,16-19H,2,8-13H2,1H3. The highest BCUT2D eigenvalue weighted by atomic mass is 15.0. The van der Waals surface area contributed by atoms with Gasteiger partial charge >= 0.3 is 0 Å². The summed E-state index contributed by atoms with van der Waals surface area (Å²) in [6, 6.07) is 12.5. The molecule has 0 amide bonds. The van der Waals surface area contributed by atoms with E-state index in [-0.39, 0.29) is 0 Å². The quantitative estimate of drug-likeness (QED) is 0.806. The highest BCUT2D eigenvalue weighted by Gasteiger charge is 2.34. The fourth-order valence-corrected chi connectivity index (χ4v) is 3.59. The molecule has 1 N–H and O–H groups in total. The minimum absolute atomic E-state index is 0.615. The van der Waals surface area contributed by atoms with Gasteiger partial charge in [-0.2, -0.15) is 0 Å². The molecule has 2 fully saturated rings. The number of nitrogens with one attached hydrogen (secondary N) is 1. The van der Waals surface area contributed by atoms with Crippen LogP contribution in [-0.2, 0) is 0 Å². The molecule has 1 heteroatoms. The summed E-state index contributed by atoms with van der Waals surface area (Å²) in [5.41, 5.74) is 1.50. The van der Waals surface area contributed by atoms with E-state index in [4.69, 9.17) is 0 Å². The van der Waals surface area contributed by atoms with Crippen molar-refractivity contribution in [2.24, 2.45) is 11.8 Å². The van der Waals surface area contributed by atoms with Gasteiger partial charge in [-0.15, -0.1) is 0 Å². The van der Waals surface area contributed by atoms with Gasteiger partial charge in [-0.05, 0) is 55.9 Å². The summed E-state index contributed by atoms with van der Waals surface area (Å²) < 4.78 is 0. The van der Waals surface area contributed by atoms with Gasteiger partial charge in [-0.1, -0.05) is 43.7 Å². The Labute approximate surface area is 117 Å². The van der Waals surface area contributed by atoms with Gasteiger partial charge in [-0.3, -0.25) is 0 Å². The molecule has 1 aromatic rings. The molecule has 2 aliphatic carbocycles. The highest BCUT2D eigenvalue weighted by molar-refractivity contribution is 5.21. The van der Waals surface area contributed by atoms with Gasteiger partial charge in [-0.25, -0.2) is 0 Å². The van der Waals surface area contributed by atoms with Crippen molar-refractivity contribution < 1.29 is 0 Å². The molecule has 2 aliphatic rings. The van der Waals surface area contributed by atoms with Crippen molar-refractivity contribution in [1.29, 1.82) is 0 Å². The van der Waals surface area contributed by atoms with E-state index in [0.717, 1.165) is 17.9 Å². The lowest BCUT2D eigenvalue weighted by molar-refractivity contribution is 0.262. The molecular weight excluding hydrogens is 230 g/mol. The summed E-state index contributed by atoms with van der Waals surface area (Å²) in [6.07, 6.45) is 9.83. The van der Waals surface area contributed by atoms with Gasteiger partial charge < -0.3 is 5.32 Å². The van der Waals surface area contributed by atoms with E-state index in [1.807, 2.05) is 0 Å². The topological polar surface area (TPSA) is 12.0 Å². The van der Waals surface area contributed by atoms with Crippen molar-refractivity contribution in [3.8, 4) is 0 Å². The predicted octanol–water partition coefficient (Wildman–Crippen LogP) is 4.70. The average Bonchev–Trinajstić information content (AvgIpc) is 3.31. The Hall–Kier alpha value is -0.820. The molecule has 1 aromatic carbocycles. The Morgan fingerprint density at radius 1 is 1.00 bits per heavy atom. The monoisotopic (exact) mass is 257 g/mol. The molecule has 3 rings (SSSR count). The molecule has 0 aromatic heterocycles. The summed E-state index contributed by atoms with van der Waals surface area (Å²) in [7, 11) is 0. The molecule has 0 heterocycles.